The quantitative estimate of drug-likeness (QED) is 0.0337. The fourth-order valence-electron chi connectivity index (χ4n) is 9.50. The standard InChI is InChI=1S/C59H80N8O11S/c1-5-36(2)52(67-53(71)37(3)62-54(72)47(60)31-39-14-10-7-11-15-39)58(76)63-43(30-38-12-8-6-9-13-38)35-61-49(32-40-16-22-44(68)23-17-40)56(74)64-48(28-29-79-4)55(73)65-50(33-41-18-24-45(69)25-19-41)57(75)66-51(59(77)78)34-42-20-26-46(70)27-21-42/h6,8-9,12-13,16-27,36-37,39,43,47-52,61,68-70H,5,7,10-11,14-15,28-35,60H2,1-4H3,(H,62,72)(H,63,76)(H,64,74)(H,65,73)(H,66,75)(H,67,71)(H,77,78)/t36-,37+,43+,47+,48+,49+,50+,51+,52+/m1/s1. The van der Waals surface area contributed by atoms with Gasteiger partial charge in [-0.2, -0.15) is 11.8 Å². The van der Waals surface area contributed by atoms with E-state index in [0.717, 1.165) is 31.2 Å². The molecule has 20 heteroatoms. The number of carboxylic acids is 1. The van der Waals surface area contributed by atoms with E-state index >= 15 is 0 Å². The Hall–Kier alpha value is -7.16. The minimum absolute atomic E-state index is 0.0102. The Bertz CT molecular complexity index is 2590. The summed E-state index contributed by atoms with van der Waals surface area (Å²) in [6, 6.07) is 19.0. The van der Waals surface area contributed by atoms with Crippen molar-refractivity contribution in [3.8, 4) is 17.2 Å². The summed E-state index contributed by atoms with van der Waals surface area (Å²) in [6.45, 7) is 5.31. The first-order valence-electron chi connectivity index (χ1n) is 27.2. The Labute approximate surface area is 467 Å². The number of carbonyl (C=O) groups is 7. The molecule has 0 radical (unpaired) electrons. The molecule has 79 heavy (non-hydrogen) atoms. The third-order valence-corrected chi connectivity index (χ3v) is 15.1. The highest BCUT2D eigenvalue weighted by Gasteiger charge is 2.34. The van der Waals surface area contributed by atoms with Gasteiger partial charge in [0.15, 0.2) is 0 Å². The Morgan fingerprint density at radius 2 is 1.04 bits per heavy atom. The Morgan fingerprint density at radius 3 is 1.57 bits per heavy atom. The molecule has 6 amide bonds. The van der Waals surface area contributed by atoms with Crippen LogP contribution in [0.1, 0.15) is 94.4 Å². The summed E-state index contributed by atoms with van der Waals surface area (Å²) in [5.74, 6) is -4.54. The monoisotopic (exact) mass is 1110 g/mol. The van der Waals surface area contributed by atoms with Gasteiger partial charge in [0.2, 0.25) is 35.4 Å². The van der Waals surface area contributed by atoms with E-state index < -0.39 is 89.7 Å². The predicted octanol–water partition coefficient (Wildman–Crippen LogP) is 4.14. The fourth-order valence-corrected chi connectivity index (χ4v) is 9.97. The largest absolute Gasteiger partial charge is 0.508 e. The van der Waals surface area contributed by atoms with Crippen molar-refractivity contribution in [1.82, 2.24) is 37.2 Å². The number of benzene rings is 4. The lowest BCUT2D eigenvalue weighted by atomic mass is 9.85. The Kier molecular flexibility index (Phi) is 25.4. The van der Waals surface area contributed by atoms with Gasteiger partial charge in [0.1, 0.15) is 47.5 Å². The van der Waals surface area contributed by atoms with Gasteiger partial charge in [0.05, 0.1) is 12.1 Å². The number of carbonyl (C=O) groups excluding carboxylic acids is 6. The number of phenols is 3. The van der Waals surface area contributed by atoms with Crippen LogP contribution in [0.5, 0.6) is 17.2 Å². The summed E-state index contributed by atoms with van der Waals surface area (Å²) < 4.78 is 0. The van der Waals surface area contributed by atoms with Gasteiger partial charge in [0, 0.05) is 25.4 Å². The number of nitrogens with two attached hydrogens (primary N) is 1. The number of amides is 6. The van der Waals surface area contributed by atoms with Crippen molar-refractivity contribution in [3.63, 3.8) is 0 Å². The highest BCUT2D eigenvalue weighted by atomic mass is 32.2. The van der Waals surface area contributed by atoms with Crippen LogP contribution in [0.2, 0.25) is 0 Å². The smallest absolute Gasteiger partial charge is 0.326 e. The van der Waals surface area contributed by atoms with E-state index in [0.29, 0.717) is 47.6 Å². The van der Waals surface area contributed by atoms with E-state index in [-0.39, 0.29) is 55.4 Å². The molecule has 0 bridgehead atoms. The molecule has 4 aromatic rings. The number of hydrogen-bond donors (Lipinski definition) is 12. The van der Waals surface area contributed by atoms with Crippen molar-refractivity contribution in [1.29, 1.82) is 0 Å². The number of aromatic hydroxyl groups is 3. The van der Waals surface area contributed by atoms with Gasteiger partial charge in [-0.25, -0.2) is 4.79 Å². The maximum atomic E-state index is 14.7. The third kappa shape index (κ3) is 21.2. The molecule has 4 aromatic carbocycles. The SMILES string of the molecule is CC[C@@H](C)[C@H](NC(=O)[C@H](C)NC(=O)[C@@H](N)CC1CCCCC1)C(=O)N[C@H](CN[C@@H](Cc1ccc(O)cc1)C(=O)N[C@@H](CCSC)C(=O)N[C@@H](Cc1ccc(O)cc1)C(=O)N[C@@H](Cc1ccc(O)cc1)C(=O)O)Cc1ccccc1. The molecule has 1 fully saturated rings. The Balaban J connectivity index is 1.36. The predicted molar refractivity (Wildman–Crippen MR) is 304 cm³/mol. The van der Waals surface area contributed by atoms with Gasteiger partial charge >= 0.3 is 5.97 Å². The average molecular weight is 1110 g/mol. The van der Waals surface area contributed by atoms with Crippen molar-refractivity contribution < 1.29 is 54.0 Å². The van der Waals surface area contributed by atoms with Crippen molar-refractivity contribution in [2.24, 2.45) is 17.6 Å². The molecule has 1 saturated carbocycles. The number of hydrogen-bond acceptors (Lipinski definition) is 13. The molecular weight excluding hydrogens is 1030 g/mol. The zero-order chi connectivity index (χ0) is 57.4. The molecule has 1 aliphatic carbocycles. The average Bonchev–Trinajstić information content (AvgIpc) is 3.43. The third-order valence-electron chi connectivity index (χ3n) is 14.4. The molecule has 0 aliphatic heterocycles. The zero-order valence-corrected chi connectivity index (χ0v) is 46.4. The van der Waals surface area contributed by atoms with E-state index in [9.17, 15) is 54.0 Å². The molecule has 0 heterocycles. The lowest BCUT2D eigenvalue weighted by Gasteiger charge is -2.30. The highest BCUT2D eigenvalue weighted by Crippen LogP contribution is 2.27. The minimum atomic E-state index is -1.42. The summed E-state index contributed by atoms with van der Waals surface area (Å²) in [4.78, 5) is 97.0. The molecule has 0 aromatic heterocycles. The van der Waals surface area contributed by atoms with Gasteiger partial charge < -0.3 is 63.4 Å². The molecule has 5 rings (SSSR count). The molecule has 428 valence electrons. The molecule has 0 saturated heterocycles. The van der Waals surface area contributed by atoms with E-state index in [2.05, 4.69) is 37.2 Å². The van der Waals surface area contributed by atoms with Gasteiger partial charge in [-0.3, -0.25) is 28.8 Å². The molecular formula is C59H80N8O11S. The zero-order valence-electron chi connectivity index (χ0n) is 45.6. The maximum absolute atomic E-state index is 14.7. The van der Waals surface area contributed by atoms with E-state index in [1.807, 2.05) is 50.4 Å². The van der Waals surface area contributed by atoms with Crippen LogP contribution in [0.4, 0.5) is 0 Å². The first kappa shape index (κ1) is 62.7. The molecule has 9 atom stereocenters. The lowest BCUT2D eigenvalue weighted by molar-refractivity contribution is -0.142. The highest BCUT2D eigenvalue weighted by molar-refractivity contribution is 7.98. The topological polar surface area (TPSA) is 311 Å². The molecule has 19 nitrogen and oxygen atoms in total. The van der Waals surface area contributed by atoms with Crippen LogP contribution in [0.3, 0.4) is 0 Å². The van der Waals surface area contributed by atoms with Crippen LogP contribution in [0.15, 0.2) is 103 Å². The Morgan fingerprint density at radius 1 is 0.557 bits per heavy atom. The van der Waals surface area contributed by atoms with Gasteiger partial charge in [-0.1, -0.05) is 119 Å². The number of rotatable bonds is 31. The molecule has 0 unspecified atom stereocenters. The summed E-state index contributed by atoms with van der Waals surface area (Å²) in [5.41, 5.74) is 8.87. The first-order valence-corrected chi connectivity index (χ1v) is 28.6. The lowest BCUT2D eigenvalue weighted by Crippen LogP contribution is -2.60. The van der Waals surface area contributed by atoms with Gasteiger partial charge in [0.25, 0.3) is 0 Å². The number of nitrogens with one attached hydrogen (secondary N) is 7. The van der Waals surface area contributed by atoms with Gasteiger partial charge in [-0.15, -0.1) is 0 Å². The van der Waals surface area contributed by atoms with E-state index in [1.54, 1.807) is 31.2 Å². The molecule has 1 aliphatic rings. The summed E-state index contributed by atoms with van der Waals surface area (Å²) in [5, 5.41) is 60.3. The summed E-state index contributed by atoms with van der Waals surface area (Å²) in [7, 11) is 0. The van der Waals surface area contributed by atoms with E-state index in [4.69, 9.17) is 5.73 Å². The minimum Gasteiger partial charge on any atom is -0.508 e. The normalized spacial score (nSPS) is 16.0. The second kappa shape index (κ2) is 32.0. The number of phenolic OH excluding ortho intramolecular Hbond substituents is 3. The van der Waals surface area contributed by atoms with Crippen molar-refractivity contribution >= 4 is 53.2 Å². The molecule has 0 spiro atoms. The number of aliphatic carboxylic acids is 1. The molecule has 13 N–H and O–H groups in total. The second-order valence-electron chi connectivity index (χ2n) is 20.7. The van der Waals surface area contributed by atoms with E-state index in [1.165, 1.54) is 66.7 Å². The van der Waals surface area contributed by atoms with Crippen LogP contribution < -0.4 is 43.0 Å². The van der Waals surface area contributed by atoms with Crippen molar-refractivity contribution in [3.05, 3.63) is 125 Å². The summed E-state index contributed by atoms with van der Waals surface area (Å²) in [6.07, 6.45) is 8.58. The first-order chi connectivity index (χ1) is 37.8. The van der Waals surface area contributed by atoms with Crippen molar-refractivity contribution in [2.45, 2.75) is 146 Å². The fraction of sp³-hybridized carbons (Fsp3) is 0.475. The number of thioether (sulfide) groups is 1. The second-order valence-corrected chi connectivity index (χ2v) is 21.7. The van der Waals surface area contributed by atoms with Crippen LogP contribution in [0, 0.1) is 11.8 Å². The van der Waals surface area contributed by atoms with Gasteiger partial charge in [-0.05, 0) is 115 Å². The van der Waals surface area contributed by atoms with Crippen LogP contribution in [-0.4, -0.2) is 129 Å². The van der Waals surface area contributed by atoms with Crippen molar-refractivity contribution in [2.75, 3.05) is 18.6 Å². The van der Waals surface area contributed by atoms with Crippen LogP contribution in [-0.2, 0) is 59.2 Å². The summed E-state index contributed by atoms with van der Waals surface area (Å²) >= 11 is 1.43. The van der Waals surface area contributed by atoms with Crippen LogP contribution >= 0.6 is 11.8 Å². The number of carboxylic acid groups (broad SMARTS) is 1. The maximum Gasteiger partial charge on any atom is 0.326 e. The van der Waals surface area contributed by atoms with Crippen LogP contribution in [0.25, 0.3) is 0 Å².